The van der Waals surface area contributed by atoms with Crippen molar-refractivity contribution in [2.45, 2.75) is 96.9 Å². The van der Waals surface area contributed by atoms with E-state index in [-0.39, 0.29) is 71.5 Å². The lowest BCUT2D eigenvalue weighted by Crippen LogP contribution is -2.80. The van der Waals surface area contributed by atoms with Gasteiger partial charge in [0.25, 0.3) is 0 Å². The maximum absolute atomic E-state index is 8.18. The highest BCUT2D eigenvalue weighted by Crippen LogP contribution is 2.55. The van der Waals surface area contributed by atoms with Gasteiger partial charge in [0.15, 0.2) is 0 Å². The van der Waals surface area contributed by atoms with Gasteiger partial charge in [0.05, 0.1) is 66.5 Å². The van der Waals surface area contributed by atoms with Crippen LogP contribution in [0.15, 0.2) is 0 Å². The summed E-state index contributed by atoms with van der Waals surface area (Å²) in [6.45, 7) is 21.9. The van der Waals surface area contributed by atoms with E-state index in [4.69, 9.17) is 150 Å². The SMILES string of the molecule is [B][B]B([B])B(B([B])[B])c1c(B(B([B])[B])B([B])[B])c(B([B][B])B([B])[B])c(B([B])B([B])[B])c2c(C)c(-c3c4c(C)c(C)c(C)c(C)c4c(-c4c(C#CC#CC#CC)c(C#CC#CC#CC#C)c5c(C#CC#CC#CC#CC)c(C#CC#CC#CC#CC#C)c6c(C)c(C#C)c(C#CC)c(C#CC#C)c6c5c4C#CC#CC)c4c(C)c(C)c(C)c(C)c34)c([B][B])c([B])c12. The Balaban J connectivity index is 2.08. The van der Waals surface area contributed by atoms with Gasteiger partial charge < -0.3 is 0 Å². The summed E-state index contributed by atoms with van der Waals surface area (Å²) in [4.78, 5) is 0. The van der Waals surface area contributed by atoms with Crippen LogP contribution in [0.5, 0.6) is 0 Å². The van der Waals surface area contributed by atoms with Crippen LogP contribution in [0, 0.1) is 332 Å². The number of hydrogen-bond donors (Lipinski definition) is 0. The van der Waals surface area contributed by atoms with Gasteiger partial charge in [0, 0.05) is 212 Å². The van der Waals surface area contributed by atoms with Crippen LogP contribution in [-0.2, 0) is 0 Å². The Morgan fingerprint density at radius 3 is 1.02 bits per heavy atom. The monoisotopic (exact) mass is 1520 g/mol. The highest BCUT2D eigenvalue weighted by atomic mass is 14.4. The minimum atomic E-state index is -1.36. The molecule has 0 saturated carbocycles. The van der Waals surface area contributed by atoms with E-state index < -0.39 is 64.3 Å². The highest BCUT2D eigenvalue weighted by Gasteiger charge is 2.43. The molecule has 0 aliphatic carbocycles. The van der Waals surface area contributed by atoms with Gasteiger partial charge in [-0.3, -0.25) is 0 Å². The zero-order valence-corrected chi connectivity index (χ0v) is 72.1. The van der Waals surface area contributed by atoms with E-state index in [0.29, 0.717) is 93.1 Å². The maximum atomic E-state index is 8.18. The van der Waals surface area contributed by atoms with Crippen molar-refractivity contribution in [2.24, 2.45) is 0 Å². The lowest BCUT2D eigenvalue weighted by Gasteiger charge is -2.42. The fourth-order valence-corrected chi connectivity index (χ4v) is 16.3. The van der Waals surface area contributed by atoms with Crippen molar-refractivity contribution < 1.29 is 0 Å². The Morgan fingerprint density at radius 1 is 0.256 bits per heavy atom. The minimum absolute atomic E-state index is 0.0411. The molecule has 0 N–H and O–H groups in total. The second-order valence-electron chi connectivity index (χ2n) is 28.7. The summed E-state index contributed by atoms with van der Waals surface area (Å²) < 4.78 is 0. The molecule has 0 aliphatic rings. The van der Waals surface area contributed by atoms with Gasteiger partial charge in [-0.2, -0.15) is 0 Å². The first-order valence-electron chi connectivity index (χ1n) is 38.8. The van der Waals surface area contributed by atoms with E-state index in [2.05, 4.69) is 292 Å². The molecular formula is C96H46B29. The molecular weight excluding hydrogens is 1470 g/mol. The molecule has 0 aromatic heterocycles. The fraction of sp³-hybridized carbons (Fsp3) is 0.146. The lowest BCUT2D eigenvalue weighted by molar-refractivity contribution is 1.24. The average Bonchev–Trinajstić information content (AvgIpc) is 0.693. The van der Waals surface area contributed by atoms with Gasteiger partial charge in [-0.1, -0.05) is 87.0 Å². The molecule has 517 valence electrons. The number of benzene rings is 8. The Hall–Kier alpha value is -12.7. The Bertz CT molecular complexity index is 7450. The summed E-state index contributed by atoms with van der Waals surface area (Å²) in [6, 6.07) is 0. The first-order chi connectivity index (χ1) is 59.9. The summed E-state index contributed by atoms with van der Waals surface area (Å²) in [5, 5.41) is 4.71. The van der Waals surface area contributed by atoms with Gasteiger partial charge in [-0.05, 0) is 362 Å². The zero-order chi connectivity index (χ0) is 92.1. The van der Waals surface area contributed by atoms with Crippen LogP contribution in [0.2, 0.25) is 0 Å². The molecule has 8 rings (SSSR count). The van der Waals surface area contributed by atoms with Crippen LogP contribution in [0.25, 0.3) is 76.1 Å². The van der Waals surface area contributed by atoms with E-state index in [0.717, 1.165) is 44.5 Å². The predicted octanol–water partition coefficient (Wildman–Crippen LogP) is -0.666. The molecule has 0 spiro atoms. The molecule has 8 aromatic rings. The Kier molecular flexibility index (Phi) is 34.8. The van der Waals surface area contributed by atoms with Crippen LogP contribution in [0.3, 0.4) is 0 Å². The van der Waals surface area contributed by atoms with Crippen LogP contribution in [0.1, 0.15) is 128 Å². The molecule has 0 heterocycles. The molecule has 8 aromatic carbocycles. The van der Waals surface area contributed by atoms with E-state index in [9.17, 15) is 0 Å². The third kappa shape index (κ3) is 19.5. The molecule has 29 heteroatoms. The number of fused-ring (bicyclic) bond motifs is 6. The summed E-state index contributed by atoms with van der Waals surface area (Å²) in [5.74, 6) is 118. The van der Waals surface area contributed by atoms with Crippen molar-refractivity contribution in [3.8, 4) is 285 Å². The van der Waals surface area contributed by atoms with E-state index >= 15 is 0 Å². The topological polar surface area (TPSA) is 0 Å². The van der Waals surface area contributed by atoms with Gasteiger partial charge in [0.1, 0.15) is 7.85 Å². The molecule has 0 nitrogen and oxygen atoms in total. The molecule has 0 aliphatic heterocycles. The van der Waals surface area contributed by atoms with Crippen LogP contribution in [0.4, 0.5) is 0 Å². The zero-order valence-electron chi connectivity index (χ0n) is 72.1. The third-order valence-corrected chi connectivity index (χ3v) is 22.1. The van der Waals surface area contributed by atoms with Crippen molar-refractivity contribution in [1.82, 2.24) is 0 Å². The summed E-state index contributed by atoms with van der Waals surface area (Å²) in [7, 11) is 117. The second-order valence-corrected chi connectivity index (χ2v) is 28.7. The number of aryl methyl sites for hydroxylation is 6. The second kappa shape index (κ2) is 44.5. The first-order valence-corrected chi connectivity index (χ1v) is 38.8. The van der Waals surface area contributed by atoms with Crippen molar-refractivity contribution in [3.63, 3.8) is 0 Å². The van der Waals surface area contributed by atoms with Gasteiger partial charge >= 0.3 is 0 Å². The molecule has 0 saturated heterocycles. The molecule has 0 bridgehead atoms. The first kappa shape index (κ1) is 97.7. The minimum Gasteiger partial charge on any atom is -0.115 e. The molecule has 0 fully saturated rings. The number of hydrogen-bond acceptors (Lipinski definition) is 0. The summed E-state index contributed by atoms with van der Waals surface area (Å²) in [5.41, 5.74) is 13.2. The molecule has 0 unspecified atom stereocenters. The van der Waals surface area contributed by atoms with Gasteiger partial charge in [0.2, 0.25) is 0 Å². The van der Waals surface area contributed by atoms with E-state index in [1.165, 1.54) is 21.3 Å². The summed E-state index contributed by atoms with van der Waals surface area (Å²) in [6.07, 6.45) is 16.1. The molecule has 35 radical (unpaired) electrons. The van der Waals surface area contributed by atoms with Crippen molar-refractivity contribution >= 4 is 296 Å². The average molecular weight is 1510 g/mol. The molecule has 0 atom stereocenters. The molecule has 0 amide bonds. The predicted molar refractivity (Wildman–Crippen MR) is 568 cm³/mol. The standard InChI is InChI=1S/C96H46B29/c1-19-27-33-37-40-42-46-49-54-72-73(55-51-45-41-38-34-28-20-2)84-74(56-50-44-39-35-29-21-3)75(57-48-43-36-30-22-4)85(76(58-47-31-23-5)87(84)86-71(53-32-24-6)70(52-25-7)69(26-8)67(17)77(72)86)89-80-65(15)61(11)59(9)63(13)78(80)88(79-64(14)60(10)62(12)66(16)81(79)89)82-68(18)83-90(91(97)92(82)113-98)94(119(124(110)111)125(112)115-100)96(118(122(106)107)123(108)109)95(117(114-99)121(104)105)93(83)116(101)120(102)103/h1,3,6,8H,2,4-5,7,9-18H3. The summed E-state index contributed by atoms with van der Waals surface area (Å²) >= 11 is 0. The fourth-order valence-electron chi connectivity index (χ4n) is 16.3. The van der Waals surface area contributed by atoms with Crippen molar-refractivity contribution in [2.75, 3.05) is 0 Å². The Labute approximate surface area is 771 Å². The normalized spacial score (nSPS) is 9.01. The smallest absolute Gasteiger partial charge is 0.113 e. The highest BCUT2D eigenvalue weighted by molar-refractivity contribution is 7.89. The Morgan fingerprint density at radius 2 is 0.624 bits per heavy atom. The van der Waals surface area contributed by atoms with E-state index in [1.54, 1.807) is 27.7 Å². The van der Waals surface area contributed by atoms with E-state index in [1.807, 2.05) is 13.8 Å². The largest absolute Gasteiger partial charge is 0.115 e. The van der Waals surface area contributed by atoms with Gasteiger partial charge in [-0.15, -0.1) is 42.5 Å². The van der Waals surface area contributed by atoms with Crippen LogP contribution < -0.4 is 32.8 Å². The number of rotatable bonds is 15. The van der Waals surface area contributed by atoms with Crippen LogP contribution in [-0.4, -0.2) is 209 Å². The van der Waals surface area contributed by atoms with Gasteiger partial charge in [-0.25, -0.2) is 0 Å². The molecule has 125 heavy (non-hydrogen) atoms. The van der Waals surface area contributed by atoms with Crippen molar-refractivity contribution in [1.29, 1.82) is 0 Å². The van der Waals surface area contributed by atoms with Crippen LogP contribution >= 0.6 is 0 Å². The maximum Gasteiger partial charge on any atom is 0.113 e. The lowest BCUT2D eigenvalue weighted by atomic mass is 8.66. The van der Waals surface area contributed by atoms with Crippen molar-refractivity contribution in [3.05, 3.63) is 100 Å². The third-order valence-electron chi connectivity index (χ3n) is 22.1. The quantitative estimate of drug-likeness (QED) is 0.0555. The number of terminal acetylenes is 4.